The van der Waals surface area contributed by atoms with Crippen LogP contribution in [-0.4, -0.2) is 68.8 Å². The Labute approximate surface area is 230 Å². The van der Waals surface area contributed by atoms with Gasteiger partial charge >= 0.3 is 0 Å². The van der Waals surface area contributed by atoms with Crippen LogP contribution in [0.3, 0.4) is 0 Å². The summed E-state index contributed by atoms with van der Waals surface area (Å²) in [6.07, 6.45) is 5.89. The van der Waals surface area contributed by atoms with Crippen molar-refractivity contribution in [2.75, 3.05) is 39.1 Å². The van der Waals surface area contributed by atoms with Crippen LogP contribution < -0.4 is 4.90 Å². The molecule has 0 bridgehead atoms. The third kappa shape index (κ3) is 6.89. The quantitative estimate of drug-likeness (QED) is 0.339. The number of thiazole rings is 1. The van der Waals surface area contributed by atoms with E-state index in [1.54, 1.807) is 36.2 Å². The second kappa shape index (κ2) is 12.7. The molecule has 4 rings (SSSR count). The van der Waals surface area contributed by atoms with Crippen molar-refractivity contribution in [3.63, 3.8) is 0 Å². The molecule has 0 atom stereocenters. The Hall–Kier alpha value is -2.04. The van der Waals surface area contributed by atoms with Crippen LogP contribution in [0, 0.1) is 6.92 Å². The van der Waals surface area contributed by atoms with Crippen molar-refractivity contribution >= 4 is 55.0 Å². The van der Waals surface area contributed by atoms with Gasteiger partial charge in [-0.15, -0.1) is 12.4 Å². The van der Waals surface area contributed by atoms with Crippen LogP contribution in [0.5, 0.6) is 0 Å². The predicted octanol–water partition coefficient (Wildman–Crippen LogP) is 5.58. The number of amides is 1. The van der Waals surface area contributed by atoms with Gasteiger partial charge in [0.2, 0.25) is 10.0 Å². The summed E-state index contributed by atoms with van der Waals surface area (Å²) in [6.45, 7) is 3.42. The van der Waals surface area contributed by atoms with Crippen molar-refractivity contribution in [1.82, 2.24) is 14.2 Å². The van der Waals surface area contributed by atoms with Crippen molar-refractivity contribution in [3.05, 3.63) is 53.6 Å². The van der Waals surface area contributed by atoms with E-state index in [9.17, 15) is 13.2 Å². The highest BCUT2D eigenvalue weighted by Gasteiger charge is 2.29. The number of hydrogen-bond donors (Lipinski definition) is 0. The maximum absolute atomic E-state index is 13.6. The molecular weight excluding hydrogens is 528 g/mol. The Morgan fingerprint density at radius 3 is 2.32 bits per heavy atom. The third-order valence-corrected chi connectivity index (χ3v) is 9.83. The highest BCUT2D eigenvalue weighted by Crippen LogP contribution is 2.31. The molecule has 0 aliphatic heterocycles. The lowest BCUT2D eigenvalue weighted by Gasteiger charge is -2.30. The van der Waals surface area contributed by atoms with Crippen LogP contribution >= 0.6 is 23.7 Å². The van der Waals surface area contributed by atoms with Gasteiger partial charge in [-0.05, 0) is 88.8 Å². The lowest BCUT2D eigenvalue weighted by Crippen LogP contribution is -2.38. The van der Waals surface area contributed by atoms with Crippen molar-refractivity contribution in [2.24, 2.45) is 0 Å². The van der Waals surface area contributed by atoms with Crippen LogP contribution in [0.4, 0.5) is 5.13 Å². The summed E-state index contributed by atoms with van der Waals surface area (Å²) in [7, 11) is 2.09. The van der Waals surface area contributed by atoms with Crippen LogP contribution in [0.1, 0.15) is 54.4 Å². The lowest BCUT2D eigenvalue weighted by atomic mass is 9.96. The molecule has 0 saturated heterocycles. The molecule has 1 fully saturated rings. The first-order valence-electron chi connectivity index (χ1n) is 12.6. The van der Waals surface area contributed by atoms with Gasteiger partial charge in [0.1, 0.15) is 0 Å². The number of nitrogens with zero attached hydrogens (tertiary/aromatic N) is 4. The highest BCUT2D eigenvalue weighted by molar-refractivity contribution is 7.89. The molecule has 37 heavy (non-hydrogen) atoms. The number of aromatic nitrogens is 1. The topological polar surface area (TPSA) is 73.8 Å². The molecule has 3 aromatic rings. The summed E-state index contributed by atoms with van der Waals surface area (Å²) >= 11 is 1.51. The molecule has 202 valence electrons. The summed E-state index contributed by atoms with van der Waals surface area (Å²) in [6, 6.07) is 12.5. The first-order chi connectivity index (χ1) is 17.2. The first-order valence-corrected chi connectivity index (χ1v) is 14.8. The molecule has 1 aromatic heterocycles. The standard InChI is InChI=1S/C27H36N4O3S2.ClH/c1-20-11-16-24-25(19-20)35-27(28-24)31(18-8-17-29(2)3)26(32)21-12-14-23(15-13-21)36(33,34)30(4)22-9-6-5-7-10-22;/h11-16,19,22H,5-10,17-18H2,1-4H3;1H. The second-order valence-corrected chi connectivity index (χ2v) is 12.9. The minimum atomic E-state index is -3.61. The summed E-state index contributed by atoms with van der Waals surface area (Å²) < 4.78 is 29.0. The van der Waals surface area contributed by atoms with E-state index in [2.05, 4.69) is 11.0 Å². The molecule has 1 aliphatic rings. The summed E-state index contributed by atoms with van der Waals surface area (Å²) in [5.41, 5.74) is 2.48. The molecule has 0 spiro atoms. The number of sulfonamides is 1. The number of rotatable bonds is 9. The molecule has 2 aromatic carbocycles. The molecule has 1 saturated carbocycles. The van der Waals surface area contributed by atoms with Gasteiger partial charge in [-0.3, -0.25) is 9.69 Å². The Morgan fingerprint density at radius 1 is 1.00 bits per heavy atom. The van der Waals surface area contributed by atoms with E-state index in [0.717, 1.165) is 54.4 Å². The molecule has 7 nitrogen and oxygen atoms in total. The number of carbonyl (C=O) groups is 1. The van der Waals surface area contributed by atoms with E-state index in [4.69, 9.17) is 4.98 Å². The molecular formula is C27H37ClN4O3S2. The maximum Gasteiger partial charge on any atom is 0.260 e. The third-order valence-electron chi connectivity index (χ3n) is 6.86. The zero-order valence-corrected chi connectivity index (χ0v) is 24.5. The number of fused-ring (bicyclic) bond motifs is 1. The smallest absolute Gasteiger partial charge is 0.260 e. The van der Waals surface area contributed by atoms with Gasteiger partial charge in [0.15, 0.2) is 5.13 Å². The SMILES string of the molecule is Cc1ccc2nc(N(CCCN(C)C)C(=O)c3ccc(S(=O)(=O)N(C)C4CCCCC4)cc3)sc2c1.Cl. The largest absolute Gasteiger partial charge is 0.309 e. The Balaban J connectivity index is 0.00000380. The maximum atomic E-state index is 13.6. The van der Waals surface area contributed by atoms with Crippen LogP contribution in [0.2, 0.25) is 0 Å². The van der Waals surface area contributed by atoms with Gasteiger partial charge in [0.25, 0.3) is 5.91 Å². The molecule has 1 aliphatic carbocycles. The second-order valence-electron chi connectivity index (χ2n) is 9.92. The Bertz CT molecular complexity index is 1300. The average molecular weight is 565 g/mol. The monoisotopic (exact) mass is 564 g/mol. The minimum absolute atomic E-state index is 0. The fourth-order valence-electron chi connectivity index (χ4n) is 4.70. The van der Waals surface area contributed by atoms with E-state index in [1.165, 1.54) is 22.1 Å². The van der Waals surface area contributed by atoms with E-state index < -0.39 is 10.0 Å². The molecule has 1 amide bonds. The zero-order chi connectivity index (χ0) is 25.9. The van der Waals surface area contributed by atoms with Crippen molar-refractivity contribution in [3.8, 4) is 0 Å². The van der Waals surface area contributed by atoms with Crippen LogP contribution in [0.15, 0.2) is 47.4 Å². The summed E-state index contributed by atoms with van der Waals surface area (Å²) in [5, 5.41) is 0.660. The van der Waals surface area contributed by atoms with E-state index in [0.29, 0.717) is 17.2 Å². The number of halogens is 1. The Kier molecular flexibility index (Phi) is 10.1. The molecule has 0 radical (unpaired) electrons. The number of carbonyl (C=O) groups excluding carboxylic acids is 1. The average Bonchev–Trinajstić information content (AvgIpc) is 3.29. The van der Waals surface area contributed by atoms with E-state index >= 15 is 0 Å². The van der Waals surface area contributed by atoms with E-state index in [-0.39, 0.29) is 29.3 Å². The van der Waals surface area contributed by atoms with Gasteiger partial charge in [0, 0.05) is 25.2 Å². The Morgan fingerprint density at radius 2 is 1.68 bits per heavy atom. The molecule has 10 heteroatoms. The van der Waals surface area contributed by atoms with E-state index in [1.807, 2.05) is 33.2 Å². The summed E-state index contributed by atoms with van der Waals surface area (Å²) in [5.74, 6) is -0.172. The normalized spacial score (nSPS) is 14.8. The molecule has 0 unspecified atom stereocenters. The van der Waals surface area contributed by atoms with Crippen molar-refractivity contribution in [1.29, 1.82) is 0 Å². The number of aryl methyl sites for hydroxylation is 1. The van der Waals surface area contributed by atoms with Gasteiger partial charge in [-0.25, -0.2) is 13.4 Å². The fraction of sp³-hybridized carbons (Fsp3) is 0.481. The van der Waals surface area contributed by atoms with Crippen LogP contribution in [-0.2, 0) is 10.0 Å². The predicted molar refractivity (Wildman–Crippen MR) is 155 cm³/mol. The minimum Gasteiger partial charge on any atom is -0.309 e. The van der Waals surface area contributed by atoms with Gasteiger partial charge < -0.3 is 4.90 Å². The molecule has 1 heterocycles. The highest BCUT2D eigenvalue weighted by atomic mass is 35.5. The van der Waals surface area contributed by atoms with Gasteiger partial charge in [0.05, 0.1) is 15.1 Å². The zero-order valence-electron chi connectivity index (χ0n) is 22.0. The van der Waals surface area contributed by atoms with Crippen molar-refractivity contribution in [2.45, 2.75) is 56.4 Å². The molecule has 0 N–H and O–H groups in total. The summed E-state index contributed by atoms with van der Waals surface area (Å²) in [4.78, 5) is 22.4. The number of anilines is 1. The first kappa shape index (κ1) is 29.5. The van der Waals surface area contributed by atoms with Gasteiger partial charge in [-0.1, -0.05) is 36.7 Å². The number of hydrogen-bond acceptors (Lipinski definition) is 6. The van der Waals surface area contributed by atoms with Crippen LogP contribution in [0.25, 0.3) is 10.2 Å². The van der Waals surface area contributed by atoms with Gasteiger partial charge in [-0.2, -0.15) is 4.31 Å². The van der Waals surface area contributed by atoms with Crippen molar-refractivity contribution < 1.29 is 13.2 Å². The fourth-order valence-corrected chi connectivity index (χ4v) is 7.20. The lowest BCUT2D eigenvalue weighted by molar-refractivity contribution is 0.0986. The number of benzene rings is 2.